The van der Waals surface area contributed by atoms with Crippen molar-refractivity contribution < 1.29 is 4.79 Å². The Balaban J connectivity index is 2.62. The van der Waals surface area contributed by atoms with Gasteiger partial charge in [0.2, 0.25) is 0 Å². The Morgan fingerprint density at radius 3 is 2.69 bits per heavy atom. The van der Waals surface area contributed by atoms with Crippen molar-refractivity contribution in [2.45, 2.75) is 26.7 Å². The van der Waals surface area contributed by atoms with E-state index in [-0.39, 0.29) is 11.7 Å². The standard InChI is InChI=1S/C14H15NO/c1-9-8-12-6-4-5-7-13(12)15-14(9)10(2)11(3)16/h4-8,10H,1-3H3. The van der Waals surface area contributed by atoms with Gasteiger partial charge in [-0.05, 0) is 38.5 Å². The number of para-hydroxylation sites is 1. The molecule has 1 aromatic heterocycles. The molecule has 2 nitrogen and oxygen atoms in total. The lowest BCUT2D eigenvalue weighted by Gasteiger charge is -2.11. The molecule has 0 aliphatic carbocycles. The van der Waals surface area contributed by atoms with Crippen LogP contribution in [0.4, 0.5) is 0 Å². The van der Waals surface area contributed by atoms with Crippen molar-refractivity contribution in [2.24, 2.45) is 0 Å². The number of carbonyl (C=O) groups excluding carboxylic acids is 1. The van der Waals surface area contributed by atoms with E-state index >= 15 is 0 Å². The van der Waals surface area contributed by atoms with Gasteiger partial charge in [-0.2, -0.15) is 0 Å². The van der Waals surface area contributed by atoms with E-state index in [1.54, 1.807) is 6.92 Å². The van der Waals surface area contributed by atoms with Gasteiger partial charge in [0.15, 0.2) is 0 Å². The third-order valence-corrected chi connectivity index (χ3v) is 2.97. The van der Waals surface area contributed by atoms with E-state index in [1.165, 1.54) is 0 Å². The van der Waals surface area contributed by atoms with Crippen molar-refractivity contribution in [1.82, 2.24) is 4.98 Å². The van der Waals surface area contributed by atoms with E-state index in [9.17, 15) is 4.79 Å². The van der Waals surface area contributed by atoms with E-state index in [0.717, 1.165) is 22.2 Å². The second-order valence-corrected chi connectivity index (χ2v) is 4.22. The Morgan fingerprint density at radius 1 is 1.31 bits per heavy atom. The molecule has 16 heavy (non-hydrogen) atoms. The van der Waals surface area contributed by atoms with Crippen molar-refractivity contribution in [3.8, 4) is 0 Å². The van der Waals surface area contributed by atoms with Crippen molar-refractivity contribution in [3.05, 3.63) is 41.6 Å². The topological polar surface area (TPSA) is 30.0 Å². The maximum atomic E-state index is 11.4. The summed E-state index contributed by atoms with van der Waals surface area (Å²) in [7, 11) is 0. The van der Waals surface area contributed by atoms with Gasteiger partial charge >= 0.3 is 0 Å². The molecule has 2 heteroatoms. The average Bonchev–Trinajstić information content (AvgIpc) is 2.27. The fourth-order valence-corrected chi connectivity index (χ4v) is 1.87. The van der Waals surface area contributed by atoms with Crippen LogP contribution in [0.15, 0.2) is 30.3 Å². The average molecular weight is 213 g/mol. The zero-order chi connectivity index (χ0) is 11.7. The van der Waals surface area contributed by atoms with Gasteiger partial charge < -0.3 is 0 Å². The summed E-state index contributed by atoms with van der Waals surface area (Å²) in [6.07, 6.45) is 0. The quantitative estimate of drug-likeness (QED) is 0.766. The van der Waals surface area contributed by atoms with Crippen molar-refractivity contribution >= 4 is 16.7 Å². The summed E-state index contributed by atoms with van der Waals surface area (Å²) in [6, 6.07) is 10.1. The van der Waals surface area contributed by atoms with Gasteiger partial charge in [-0.15, -0.1) is 0 Å². The molecule has 0 bridgehead atoms. The largest absolute Gasteiger partial charge is 0.299 e. The third-order valence-electron chi connectivity index (χ3n) is 2.97. The number of carbonyl (C=O) groups is 1. The second kappa shape index (κ2) is 4.05. The molecule has 2 rings (SSSR count). The molecule has 82 valence electrons. The summed E-state index contributed by atoms with van der Waals surface area (Å²) in [5.41, 5.74) is 2.93. The van der Waals surface area contributed by atoms with Gasteiger partial charge in [0.25, 0.3) is 0 Å². The highest BCUT2D eigenvalue weighted by Gasteiger charge is 2.15. The zero-order valence-corrected chi connectivity index (χ0v) is 9.82. The molecule has 0 saturated carbocycles. The lowest BCUT2D eigenvalue weighted by Crippen LogP contribution is -2.08. The first-order valence-corrected chi connectivity index (χ1v) is 5.46. The van der Waals surface area contributed by atoms with Crippen molar-refractivity contribution in [2.75, 3.05) is 0 Å². The van der Waals surface area contributed by atoms with Crippen LogP contribution in [0.1, 0.15) is 31.0 Å². The second-order valence-electron chi connectivity index (χ2n) is 4.22. The minimum Gasteiger partial charge on any atom is -0.299 e. The monoisotopic (exact) mass is 213 g/mol. The Hall–Kier alpha value is -1.70. The first-order chi connectivity index (χ1) is 7.59. The van der Waals surface area contributed by atoms with Gasteiger partial charge in [-0.1, -0.05) is 18.2 Å². The normalized spacial score (nSPS) is 12.7. The van der Waals surface area contributed by atoms with Crippen LogP contribution >= 0.6 is 0 Å². The summed E-state index contributed by atoms with van der Waals surface area (Å²) in [5.74, 6) is 0.0375. The summed E-state index contributed by atoms with van der Waals surface area (Å²) >= 11 is 0. The molecule has 0 amide bonds. The number of ketones is 1. The maximum absolute atomic E-state index is 11.4. The molecule has 0 spiro atoms. The van der Waals surface area contributed by atoms with Gasteiger partial charge in [-0.25, -0.2) is 0 Å². The van der Waals surface area contributed by atoms with Crippen LogP contribution in [0.2, 0.25) is 0 Å². The maximum Gasteiger partial charge on any atom is 0.138 e. The van der Waals surface area contributed by atoms with Crippen LogP contribution in [0, 0.1) is 6.92 Å². The minimum atomic E-state index is -0.121. The molecule has 0 saturated heterocycles. The van der Waals surface area contributed by atoms with Gasteiger partial charge in [0, 0.05) is 5.39 Å². The minimum absolute atomic E-state index is 0.121. The molecule has 0 fully saturated rings. The zero-order valence-electron chi connectivity index (χ0n) is 9.82. The number of nitrogens with zero attached hydrogens (tertiary/aromatic N) is 1. The van der Waals surface area contributed by atoms with Gasteiger partial charge in [0.1, 0.15) is 5.78 Å². The summed E-state index contributed by atoms with van der Waals surface area (Å²) in [4.78, 5) is 16.0. The molecule has 0 aliphatic rings. The van der Waals surface area contributed by atoms with Crippen LogP contribution in [-0.2, 0) is 4.79 Å². The first-order valence-electron chi connectivity index (χ1n) is 5.46. The van der Waals surface area contributed by atoms with Gasteiger partial charge in [-0.3, -0.25) is 9.78 Å². The lowest BCUT2D eigenvalue weighted by molar-refractivity contribution is -0.118. The number of fused-ring (bicyclic) bond motifs is 1. The van der Waals surface area contributed by atoms with Crippen molar-refractivity contribution in [1.29, 1.82) is 0 Å². The highest BCUT2D eigenvalue weighted by molar-refractivity contribution is 5.85. The van der Waals surface area contributed by atoms with Gasteiger partial charge in [0.05, 0.1) is 17.1 Å². The molecule has 1 aromatic carbocycles. The molecule has 1 atom stereocenters. The number of rotatable bonds is 2. The number of benzene rings is 1. The molecule has 1 heterocycles. The molecule has 0 radical (unpaired) electrons. The Kier molecular flexibility index (Phi) is 2.73. The Morgan fingerprint density at radius 2 is 2.00 bits per heavy atom. The summed E-state index contributed by atoms with van der Waals surface area (Å²) < 4.78 is 0. The molecule has 2 aromatic rings. The van der Waals surface area contributed by atoms with E-state index < -0.39 is 0 Å². The summed E-state index contributed by atoms with van der Waals surface area (Å²) in [5, 5.41) is 1.12. The van der Waals surface area contributed by atoms with Crippen LogP contribution in [0.25, 0.3) is 10.9 Å². The highest BCUT2D eigenvalue weighted by Crippen LogP contribution is 2.22. The van der Waals surface area contributed by atoms with E-state index in [4.69, 9.17) is 0 Å². The van der Waals surface area contributed by atoms with E-state index in [2.05, 4.69) is 11.1 Å². The summed E-state index contributed by atoms with van der Waals surface area (Å²) in [6.45, 7) is 5.53. The molecule has 0 N–H and O–H groups in total. The van der Waals surface area contributed by atoms with Crippen molar-refractivity contribution in [3.63, 3.8) is 0 Å². The Bertz CT molecular complexity index is 545. The van der Waals surface area contributed by atoms with E-state index in [0.29, 0.717) is 0 Å². The predicted octanol–water partition coefficient (Wildman–Crippen LogP) is 3.24. The number of pyridine rings is 1. The molecule has 1 unspecified atom stereocenters. The smallest absolute Gasteiger partial charge is 0.138 e. The predicted molar refractivity (Wildman–Crippen MR) is 65.6 cm³/mol. The molecule has 0 aliphatic heterocycles. The van der Waals surface area contributed by atoms with Crippen LogP contribution in [0.3, 0.4) is 0 Å². The Labute approximate surface area is 95.3 Å². The fraction of sp³-hybridized carbons (Fsp3) is 0.286. The number of Topliss-reactive ketones (excluding diaryl/α,β-unsaturated/α-hetero) is 1. The SMILES string of the molecule is CC(=O)C(C)c1nc2ccccc2cc1C. The molecular weight excluding hydrogens is 198 g/mol. The van der Waals surface area contributed by atoms with E-state index in [1.807, 2.05) is 38.1 Å². The van der Waals surface area contributed by atoms with Crippen LogP contribution in [0.5, 0.6) is 0 Å². The molecular formula is C14H15NO. The lowest BCUT2D eigenvalue weighted by atomic mass is 9.98. The highest BCUT2D eigenvalue weighted by atomic mass is 16.1. The number of aryl methyl sites for hydroxylation is 1. The number of hydrogen-bond donors (Lipinski definition) is 0. The fourth-order valence-electron chi connectivity index (χ4n) is 1.87. The number of hydrogen-bond acceptors (Lipinski definition) is 2. The third kappa shape index (κ3) is 1.83. The van der Waals surface area contributed by atoms with Crippen LogP contribution < -0.4 is 0 Å². The first kappa shape index (κ1) is 10.8. The van der Waals surface area contributed by atoms with Crippen LogP contribution in [-0.4, -0.2) is 10.8 Å². The number of aromatic nitrogens is 1.